The van der Waals surface area contributed by atoms with Gasteiger partial charge in [-0.3, -0.25) is 9.59 Å². The van der Waals surface area contributed by atoms with Crippen molar-refractivity contribution in [3.63, 3.8) is 0 Å². The maximum atomic E-state index is 12.3. The molecular weight excluding hydrogens is 374 g/mol. The fraction of sp³-hybridized carbons (Fsp3) is 0.556. The van der Waals surface area contributed by atoms with Crippen LogP contribution >= 0.6 is 11.3 Å². The number of carbonyl (C=O) groups is 4. The van der Waals surface area contributed by atoms with Crippen molar-refractivity contribution < 1.29 is 33.4 Å². The Morgan fingerprint density at radius 1 is 1.07 bits per heavy atom. The lowest BCUT2D eigenvalue weighted by molar-refractivity contribution is -0.148. The SMILES string of the molecule is CCOC(=O)c1sc(NC(=O)COC(=O)C2CC2C)c(C(=O)OCC)c1C. The molecule has 1 aromatic rings. The average Bonchev–Trinajstić information content (AvgIpc) is 3.25. The molecule has 1 aromatic heterocycles. The van der Waals surface area contributed by atoms with Gasteiger partial charge in [0.25, 0.3) is 5.91 Å². The first-order valence-electron chi connectivity index (χ1n) is 8.74. The highest BCUT2D eigenvalue weighted by Gasteiger charge is 2.40. The summed E-state index contributed by atoms with van der Waals surface area (Å²) in [5, 5.41) is 2.69. The minimum absolute atomic E-state index is 0.0976. The summed E-state index contributed by atoms with van der Waals surface area (Å²) in [6.07, 6.45) is 0.764. The van der Waals surface area contributed by atoms with Crippen molar-refractivity contribution in [2.45, 2.75) is 34.1 Å². The highest BCUT2D eigenvalue weighted by atomic mass is 32.1. The lowest BCUT2D eigenvalue weighted by Crippen LogP contribution is -2.22. The third-order valence-electron chi connectivity index (χ3n) is 4.10. The van der Waals surface area contributed by atoms with Gasteiger partial charge in [-0.15, -0.1) is 11.3 Å². The van der Waals surface area contributed by atoms with Gasteiger partial charge >= 0.3 is 17.9 Å². The van der Waals surface area contributed by atoms with Crippen LogP contribution in [0.5, 0.6) is 0 Å². The van der Waals surface area contributed by atoms with E-state index in [-0.39, 0.29) is 40.5 Å². The number of rotatable bonds is 8. The van der Waals surface area contributed by atoms with Gasteiger partial charge in [0.05, 0.1) is 24.7 Å². The molecule has 1 aliphatic carbocycles. The number of hydrogen-bond acceptors (Lipinski definition) is 8. The summed E-state index contributed by atoms with van der Waals surface area (Å²) in [6.45, 7) is 6.71. The first kappa shape index (κ1) is 20.9. The second kappa shape index (κ2) is 8.98. The van der Waals surface area contributed by atoms with Crippen molar-refractivity contribution in [2.24, 2.45) is 11.8 Å². The van der Waals surface area contributed by atoms with Crippen molar-refractivity contribution >= 4 is 40.2 Å². The number of nitrogens with one attached hydrogen (secondary N) is 1. The van der Waals surface area contributed by atoms with Gasteiger partial charge in [0.2, 0.25) is 0 Å². The summed E-state index contributed by atoms with van der Waals surface area (Å²) in [5.74, 6) is -2.10. The molecule has 8 nitrogen and oxygen atoms in total. The number of anilines is 1. The predicted molar refractivity (Wildman–Crippen MR) is 97.8 cm³/mol. The molecule has 1 aliphatic rings. The van der Waals surface area contributed by atoms with E-state index in [0.29, 0.717) is 5.56 Å². The molecule has 0 aromatic carbocycles. The number of esters is 3. The molecule has 0 aliphatic heterocycles. The molecule has 27 heavy (non-hydrogen) atoms. The normalized spacial score (nSPS) is 17.8. The minimum atomic E-state index is -0.652. The third kappa shape index (κ3) is 5.06. The lowest BCUT2D eigenvalue weighted by Gasteiger charge is -2.07. The van der Waals surface area contributed by atoms with Crippen LogP contribution in [0.2, 0.25) is 0 Å². The molecule has 0 bridgehead atoms. The van der Waals surface area contributed by atoms with Gasteiger partial charge in [-0.05, 0) is 38.7 Å². The smallest absolute Gasteiger partial charge is 0.348 e. The molecule has 2 rings (SSSR count). The van der Waals surface area contributed by atoms with Crippen molar-refractivity contribution in [1.82, 2.24) is 0 Å². The molecule has 2 atom stereocenters. The third-order valence-corrected chi connectivity index (χ3v) is 5.29. The van der Waals surface area contributed by atoms with Gasteiger partial charge in [0.1, 0.15) is 9.88 Å². The Morgan fingerprint density at radius 3 is 2.22 bits per heavy atom. The summed E-state index contributed by atoms with van der Waals surface area (Å²) in [6, 6.07) is 0. The van der Waals surface area contributed by atoms with Crippen LogP contribution in [0.15, 0.2) is 0 Å². The van der Waals surface area contributed by atoms with E-state index in [4.69, 9.17) is 14.2 Å². The zero-order valence-corrected chi connectivity index (χ0v) is 16.6. The molecular formula is C18H23NO7S. The summed E-state index contributed by atoms with van der Waals surface area (Å²) in [5.41, 5.74) is 0.469. The highest BCUT2D eigenvalue weighted by molar-refractivity contribution is 7.18. The van der Waals surface area contributed by atoms with Crippen LogP contribution in [0.1, 0.15) is 52.8 Å². The van der Waals surface area contributed by atoms with Crippen LogP contribution in [-0.2, 0) is 23.8 Å². The fourth-order valence-corrected chi connectivity index (χ4v) is 3.60. The summed E-state index contributed by atoms with van der Waals surface area (Å²) in [4.78, 5) is 48.4. The first-order valence-corrected chi connectivity index (χ1v) is 9.55. The molecule has 2 unspecified atom stereocenters. The second-order valence-electron chi connectivity index (χ2n) is 6.18. The number of ether oxygens (including phenoxy) is 3. The summed E-state index contributed by atoms with van der Waals surface area (Å²) < 4.78 is 15.0. The van der Waals surface area contributed by atoms with Crippen LogP contribution in [0.25, 0.3) is 0 Å². The summed E-state index contributed by atoms with van der Waals surface area (Å²) in [7, 11) is 0. The molecule has 1 N–H and O–H groups in total. The van der Waals surface area contributed by atoms with E-state index in [2.05, 4.69) is 5.32 Å². The molecule has 1 amide bonds. The average molecular weight is 397 g/mol. The number of thiophene rings is 1. The molecule has 1 fully saturated rings. The standard InChI is InChI=1S/C18H23NO7S/c1-5-24-17(22)13-10(4)14(18(23)25-6-2)27-15(13)19-12(20)8-26-16(21)11-7-9(11)3/h9,11H,5-8H2,1-4H3,(H,19,20). The van der Waals surface area contributed by atoms with Crippen LogP contribution < -0.4 is 5.32 Å². The quantitative estimate of drug-likeness (QED) is 0.530. The Hall–Kier alpha value is -2.42. The molecule has 0 spiro atoms. The zero-order chi connectivity index (χ0) is 20.1. The Kier molecular flexibility index (Phi) is 6.95. The first-order chi connectivity index (χ1) is 12.8. The molecule has 9 heteroatoms. The number of carbonyl (C=O) groups excluding carboxylic acids is 4. The van der Waals surface area contributed by atoms with Gasteiger partial charge in [0.15, 0.2) is 6.61 Å². The van der Waals surface area contributed by atoms with Crippen molar-refractivity contribution in [3.05, 3.63) is 16.0 Å². The minimum Gasteiger partial charge on any atom is -0.462 e. The van der Waals surface area contributed by atoms with Crippen LogP contribution in [0, 0.1) is 18.8 Å². The van der Waals surface area contributed by atoms with Crippen LogP contribution in [-0.4, -0.2) is 43.6 Å². The molecule has 148 valence electrons. The van der Waals surface area contributed by atoms with Gasteiger partial charge in [-0.1, -0.05) is 6.92 Å². The van der Waals surface area contributed by atoms with E-state index in [9.17, 15) is 19.2 Å². The van der Waals surface area contributed by atoms with Crippen LogP contribution in [0.3, 0.4) is 0 Å². The van der Waals surface area contributed by atoms with Gasteiger partial charge in [0, 0.05) is 0 Å². The largest absolute Gasteiger partial charge is 0.462 e. The Labute approximate surface area is 161 Å². The van der Waals surface area contributed by atoms with Gasteiger partial charge < -0.3 is 19.5 Å². The highest BCUT2D eigenvalue weighted by Crippen LogP contribution is 2.38. The number of amides is 1. The maximum absolute atomic E-state index is 12.3. The number of hydrogen-bond donors (Lipinski definition) is 1. The van der Waals surface area contributed by atoms with Gasteiger partial charge in [-0.25, -0.2) is 9.59 Å². The molecule has 1 saturated carbocycles. The monoisotopic (exact) mass is 397 g/mol. The van der Waals surface area contributed by atoms with Crippen molar-refractivity contribution in [2.75, 3.05) is 25.1 Å². The van der Waals surface area contributed by atoms with Crippen molar-refractivity contribution in [3.8, 4) is 0 Å². The topological polar surface area (TPSA) is 108 Å². The van der Waals surface area contributed by atoms with E-state index >= 15 is 0 Å². The van der Waals surface area contributed by atoms with Crippen LogP contribution in [0.4, 0.5) is 5.00 Å². The molecule has 1 heterocycles. The van der Waals surface area contributed by atoms with E-state index in [1.807, 2.05) is 6.92 Å². The zero-order valence-electron chi connectivity index (χ0n) is 15.7. The van der Waals surface area contributed by atoms with Crippen molar-refractivity contribution in [1.29, 1.82) is 0 Å². The Bertz CT molecular complexity index is 755. The van der Waals surface area contributed by atoms with E-state index < -0.39 is 30.4 Å². The predicted octanol–water partition coefficient (Wildman–Crippen LogP) is 2.55. The Morgan fingerprint density at radius 2 is 1.67 bits per heavy atom. The second-order valence-corrected chi connectivity index (χ2v) is 7.20. The Balaban J connectivity index is 2.14. The molecule has 0 radical (unpaired) electrons. The van der Waals surface area contributed by atoms with E-state index in [1.54, 1.807) is 20.8 Å². The fourth-order valence-electron chi connectivity index (χ4n) is 2.50. The van der Waals surface area contributed by atoms with Gasteiger partial charge in [-0.2, -0.15) is 0 Å². The summed E-state index contributed by atoms with van der Waals surface area (Å²) >= 11 is 0.922. The van der Waals surface area contributed by atoms with E-state index in [1.165, 1.54) is 0 Å². The van der Waals surface area contributed by atoms with E-state index in [0.717, 1.165) is 17.8 Å². The molecule has 0 saturated heterocycles. The lowest BCUT2D eigenvalue weighted by atomic mass is 10.1. The maximum Gasteiger partial charge on any atom is 0.348 e.